The number of nitrogens with one attached hydrogen (secondary N) is 3. The van der Waals surface area contributed by atoms with Crippen molar-refractivity contribution >= 4 is 28.8 Å². The molecule has 0 spiro atoms. The summed E-state index contributed by atoms with van der Waals surface area (Å²) in [6.07, 6.45) is 7.51. The summed E-state index contributed by atoms with van der Waals surface area (Å²) in [6.45, 7) is 9.25. The second-order valence-electron chi connectivity index (χ2n) is 9.65. The lowest BCUT2D eigenvalue weighted by molar-refractivity contribution is 0.102. The fraction of sp³-hybridized carbons (Fsp3) is 0.300. The standard InChI is InChI=1S/C30H37N7O/c1-22(6-5-14-31-3)27-13-15-32-30(34-27)35-28-20-26(12-7-23(28)2)33-29(38)25-10-8-24(9-11-25)21-37-18-16-36(4)17-19-37/h5-15,20,31H,16-19,21H2,1-4H3,(H,33,38)(H,32,34,35)/b14-5-,22-6+. The van der Waals surface area contributed by atoms with Gasteiger partial charge in [0.1, 0.15) is 0 Å². The van der Waals surface area contributed by atoms with Gasteiger partial charge in [0.15, 0.2) is 0 Å². The SMILES string of the molecule is CN/C=C\C=C(/C)c1ccnc(Nc2cc(NC(=O)c3ccc(CN4CCN(C)CC4)cc3)ccc2C)n1. The van der Waals surface area contributed by atoms with E-state index in [9.17, 15) is 4.79 Å². The highest BCUT2D eigenvalue weighted by Crippen LogP contribution is 2.24. The third-order valence-electron chi connectivity index (χ3n) is 6.63. The lowest BCUT2D eigenvalue weighted by atomic mass is 10.1. The molecule has 1 aliphatic heterocycles. The van der Waals surface area contributed by atoms with Gasteiger partial charge in [0.05, 0.1) is 5.69 Å². The molecule has 0 saturated carbocycles. The summed E-state index contributed by atoms with van der Waals surface area (Å²) in [5.74, 6) is 0.356. The molecule has 1 fully saturated rings. The summed E-state index contributed by atoms with van der Waals surface area (Å²) in [5, 5.41) is 9.28. The maximum absolute atomic E-state index is 12.9. The Hall–Kier alpha value is -4.01. The zero-order chi connectivity index (χ0) is 26.9. The average Bonchev–Trinajstić information content (AvgIpc) is 2.92. The Morgan fingerprint density at radius 1 is 1.05 bits per heavy atom. The van der Waals surface area contributed by atoms with E-state index in [1.54, 1.807) is 6.20 Å². The van der Waals surface area contributed by atoms with Crippen molar-refractivity contribution in [2.75, 3.05) is 50.9 Å². The summed E-state index contributed by atoms with van der Waals surface area (Å²) < 4.78 is 0. The van der Waals surface area contributed by atoms with Crippen molar-refractivity contribution in [2.24, 2.45) is 0 Å². The number of piperazine rings is 1. The summed E-state index contributed by atoms with van der Waals surface area (Å²) >= 11 is 0. The van der Waals surface area contributed by atoms with Crippen LogP contribution >= 0.6 is 0 Å². The number of likely N-dealkylation sites (N-methyl/N-ethyl adjacent to an activating group) is 1. The molecule has 1 aliphatic rings. The number of hydrogen-bond donors (Lipinski definition) is 3. The van der Waals surface area contributed by atoms with Crippen LogP contribution in [0.3, 0.4) is 0 Å². The van der Waals surface area contributed by atoms with Gasteiger partial charge in [-0.25, -0.2) is 9.97 Å². The van der Waals surface area contributed by atoms with E-state index in [1.807, 2.05) is 87.8 Å². The minimum absolute atomic E-state index is 0.139. The van der Waals surface area contributed by atoms with Crippen LogP contribution in [0.1, 0.15) is 34.1 Å². The minimum Gasteiger partial charge on any atom is -0.394 e. The van der Waals surface area contributed by atoms with E-state index in [2.05, 4.69) is 42.8 Å². The number of benzene rings is 2. The number of allylic oxidation sites excluding steroid dienone is 3. The average molecular weight is 512 g/mol. The third-order valence-corrected chi connectivity index (χ3v) is 6.63. The van der Waals surface area contributed by atoms with Crippen LogP contribution in [0.15, 0.2) is 73.1 Å². The van der Waals surface area contributed by atoms with E-state index in [-0.39, 0.29) is 5.91 Å². The van der Waals surface area contributed by atoms with Crippen LogP contribution in [0.25, 0.3) is 5.57 Å². The van der Waals surface area contributed by atoms with Crippen LogP contribution in [0.5, 0.6) is 0 Å². The molecular weight excluding hydrogens is 474 g/mol. The van der Waals surface area contributed by atoms with Crippen molar-refractivity contribution in [2.45, 2.75) is 20.4 Å². The molecule has 0 aliphatic carbocycles. The van der Waals surface area contributed by atoms with Crippen LogP contribution in [-0.4, -0.2) is 65.9 Å². The minimum atomic E-state index is -0.139. The molecule has 3 aromatic rings. The molecule has 2 aromatic carbocycles. The van der Waals surface area contributed by atoms with E-state index in [0.717, 1.165) is 55.2 Å². The molecule has 3 N–H and O–H groups in total. The fourth-order valence-corrected chi connectivity index (χ4v) is 4.20. The van der Waals surface area contributed by atoms with Crippen LogP contribution in [0.2, 0.25) is 0 Å². The number of nitrogens with zero attached hydrogens (tertiary/aromatic N) is 4. The zero-order valence-corrected chi connectivity index (χ0v) is 22.7. The van der Waals surface area contributed by atoms with Crippen molar-refractivity contribution in [1.29, 1.82) is 0 Å². The number of carbonyl (C=O) groups excluding carboxylic acids is 1. The quantitative estimate of drug-likeness (QED) is 0.360. The maximum Gasteiger partial charge on any atom is 0.255 e. The summed E-state index contributed by atoms with van der Waals surface area (Å²) in [7, 11) is 4.02. The molecular formula is C30H37N7O. The predicted octanol–water partition coefficient (Wildman–Crippen LogP) is 4.66. The Bertz CT molecular complexity index is 1290. The van der Waals surface area contributed by atoms with Gasteiger partial charge in [-0.05, 0) is 80.2 Å². The monoisotopic (exact) mass is 511 g/mol. The lowest BCUT2D eigenvalue weighted by Gasteiger charge is -2.32. The number of hydrogen-bond acceptors (Lipinski definition) is 7. The number of rotatable bonds is 9. The van der Waals surface area contributed by atoms with Gasteiger partial charge in [-0.2, -0.15) is 0 Å². The van der Waals surface area contributed by atoms with Gasteiger partial charge in [0.25, 0.3) is 5.91 Å². The number of aryl methyl sites for hydroxylation is 1. The van der Waals surface area contributed by atoms with Crippen LogP contribution in [-0.2, 0) is 6.54 Å². The molecule has 8 heteroatoms. The first kappa shape index (κ1) is 27.0. The predicted molar refractivity (Wildman–Crippen MR) is 156 cm³/mol. The number of aromatic nitrogens is 2. The first-order valence-electron chi connectivity index (χ1n) is 12.9. The Morgan fingerprint density at radius 2 is 1.82 bits per heavy atom. The van der Waals surface area contributed by atoms with E-state index in [0.29, 0.717) is 17.2 Å². The third kappa shape index (κ3) is 7.50. The molecule has 4 rings (SSSR count). The Kier molecular flexibility index (Phi) is 9.24. The van der Waals surface area contributed by atoms with Gasteiger partial charge in [-0.15, -0.1) is 0 Å². The number of amides is 1. The van der Waals surface area contributed by atoms with E-state index in [1.165, 1.54) is 5.56 Å². The van der Waals surface area contributed by atoms with Gasteiger partial charge in [-0.3, -0.25) is 9.69 Å². The molecule has 38 heavy (non-hydrogen) atoms. The van der Waals surface area contributed by atoms with Crippen molar-refractivity contribution in [3.63, 3.8) is 0 Å². The van der Waals surface area contributed by atoms with Gasteiger partial charge in [-0.1, -0.05) is 24.3 Å². The Labute approximate surface area is 225 Å². The van der Waals surface area contributed by atoms with Crippen molar-refractivity contribution in [1.82, 2.24) is 25.1 Å². The topological polar surface area (TPSA) is 85.4 Å². The normalized spacial score (nSPS) is 15.0. The Morgan fingerprint density at radius 3 is 2.55 bits per heavy atom. The first-order valence-corrected chi connectivity index (χ1v) is 12.9. The molecule has 0 unspecified atom stereocenters. The highest BCUT2D eigenvalue weighted by Gasteiger charge is 2.14. The van der Waals surface area contributed by atoms with E-state index in [4.69, 9.17) is 0 Å². The zero-order valence-electron chi connectivity index (χ0n) is 22.7. The van der Waals surface area contributed by atoms with Crippen LogP contribution in [0.4, 0.5) is 17.3 Å². The maximum atomic E-state index is 12.9. The summed E-state index contributed by atoms with van der Waals surface area (Å²) in [4.78, 5) is 26.8. The van der Waals surface area contributed by atoms with E-state index < -0.39 is 0 Å². The molecule has 0 bridgehead atoms. The number of anilines is 3. The van der Waals surface area contributed by atoms with Crippen molar-refractivity contribution < 1.29 is 4.79 Å². The second kappa shape index (κ2) is 13.0. The van der Waals surface area contributed by atoms with Crippen LogP contribution < -0.4 is 16.0 Å². The highest BCUT2D eigenvalue weighted by molar-refractivity contribution is 6.04. The molecule has 198 valence electrons. The lowest BCUT2D eigenvalue weighted by Crippen LogP contribution is -2.43. The van der Waals surface area contributed by atoms with Crippen molar-refractivity contribution in [3.05, 3.63) is 95.5 Å². The molecule has 1 aromatic heterocycles. The van der Waals surface area contributed by atoms with Gasteiger partial charge in [0.2, 0.25) is 5.95 Å². The Balaban J connectivity index is 1.40. The molecule has 1 saturated heterocycles. The molecule has 8 nitrogen and oxygen atoms in total. The first-order chi connectivity index (χ1) is 18.4. The van der Waals surface area contributed by atoms with Gasteiger partial charge in [0, 0.05) is 62.9 Å². The van der Waals surface area contributed by atoms with Gasteiger partial charge < -0.3 is 20.9 Å². The van der Waals surface area contributed by atoms with Crippen molar-refractivity contribution in [3.8, 4) is 0 Å². The largest absolute Gasteiger partial charge is 0.394 e. The highest BCUT2D eigenvalue weighted by atomic mass is 16.1. The number of carbonyl (C=O) groups is 1. The van der Waals surface area contributed by atoms with Gasteiger partial charge >= 0.3 is 0 Å². The van der Waals surface area contributed by atoms with E-state index >= 15 is 0 Å². The summed E-state index contributed by atoms with van der Waals surface area (Å²) in [6, 6.07) is 15.5. The summed E-state index contributed by atoms with van der Waals surface area (Å²) in [5.41, 5.74) is 6.27. The smallest absolute Gasteiger partial charge is 0.255 e. The second-order valence-corrected chi connectivity index (χ2v) is 9.65. The fourth-order valence-electron chi connectivity index (χ4n) is 4.20. The molecule has 2 heterocycles. The molecule has 1 amide bonds. The molecule has 0 radical (unpaired) electrons. The molecule has 0 atom stereocenters. The van der Waals surface area contributed by atoms with Crippen LogP contribution in [0, 0.1) is 6.92 Å².